The van der Waals surface area contributed by atoms with Gasteiger partial charge >= 0.3 is 0 Å². The molecule has 3 rings (SSSR count). The minimum Gasteiger partial charge on any atom is -0.336 e. The molecule has 0 aliphatic carbocycles. The van der Waals surface area contributed by atoms with Gasteiger partial charge in [-0.25, -0.2) is 0 Å². The fourth-order valence-corrected chi connectivity index (χ4v) is 3.33. The van der Waals surface area contributed by atoms with Crippen LogP contribution in [0.15, 0.2) is 54.6 Å². The summed E-state index contributed by atoms with van der Waals surface area (Å²) in [7, 11) is 0. The van der Waals surface area contributed by atoms with Gasteiger partial charge in [0.05, 0.1) is 0 Å². The maximum Gasteiger partial charge on any atom is 0.254 e. The van der Waals surface area contributed by atoms with Crippen molar-refractivity contribution in [3.05, 3.63) is 71.3 Å². The molecule has 0 aromatic heterocycles. The maximum atomic E-state index is 12.8. The average Bonchev–Trinajstić information content (AvgIpc) is 3.09. The SMILES string of the molecule is Cl.NCc1ccc(C(=O)N2CCCC2CCc2ccccc2)cc1. The van der Waals surface area contributed by atoms with Gasteiger partial charge in [0.1, 0.15) is 0 Å². The zero-order valence-electron chi connectivity index (χ0n) is 13.9. The van der Waals surface area contributed by atoms with Crippen molar-refractivity contribution in [3.8, 4) is 0 Å². The van der Waals surface area contributed by atoms with Crippen LogP contribution in [0.5, 0.6) is 0 Å². The molecule has 1 saturated heterocycles. The van der Waals surface area contributed by atoms with Crippen molar-refractivity contribution in [1.29, 1.82) is 0 Å². The molecule has 1 aliphatic heterocycles. The summed E-state index contributed by atoms with van der Waals surface area (Å²) in [6.45, 7) is 1.38. The molecule has 0 radical (unpaired) electrons. The number of amides is 1. The minimum atomic E-state index is 0. The summed E-state index contributed by atoms with van der Waals surface area (Å²) in [6.07, 6.45) is 4.28. The number of carbonyl (C=O) groups is 1. The summed E-state index contributed by atoms with van der Waals surface area (Å²) in [6, 6.07) is 18.6. The first-order valence-corrected chi connectivity index (χ1v) is 8.42. The third-order valence-electron chi connectivity index (χ3n) is 4.68. The predicted octanol–water partition coefficient (Wildman–Crippen LogP) is 3.80. The lowest BCUT2D eigenvalue weighted by atomic mass is 10.0. The van der Waals surface area contributed by atoms with Crippen molar-refractivity contribution in [2.75, 3.05) is 6.54 Å². The van der Waals surface area contributed by atoms with E-state index in [1.807, 2.05) is 30.3 Å². The van der Waals surface area contributed by atoms with Gasteiger partial charge in [0.25, 0.3) is 5.91 Å². The van der Waals surface area contributed by atoms with Crippen molar-refractivity contribution in [1.82, 2.24) is 4.90 Å². The summed E-state index contributed by atoms with van der Waals surface area (Å²) in [5, 5.41) is 0. The molecule has 0 bridgehead atoms. The first-order chi connectivity index (χ1) is 11.3. The van der Waals surface area contributed by atoms with E-state index in [1.54, 1.807) is 0 Å². The van der Waals surface area contributed by atoms with Crippen LogP contribution in [0.3, 0.4) is 0 Å². The standard InChI is InChI=1S/C20H24N2O.ClH/c21-15-17-8-11-18(12-9-17)20(23)22-14-4-7-19(22)13-10-16-5-2-1-3-6-16;/h1-3,5-6,8-9,11-12,19H,4,7,10,13-15,21H2;1H. The van der Waals surface area contributed by atoms with E-state index in [0.717, 1.165) is 43.4 Å². The fraction of sp³-hybridized carbons (Fsp3) is 0.350. The molecule has 0 spiro atoms. The fourth-order valence-electron chi connectivity index (χ4n) is 3.33. The summed E-state index contributed by atoms with van der Waals surface area (Å²) in [5.41, 5.74) is 8.80. The zero-order chi connectivity index (χ0) is 16.1. The quantitative estimate of drug-likeness (QED) is 0.896. The van der Waals surface area contributed by atoms with Crippen LogP contribution < -0.4 is 5.73 Å². The Morgan fingerprint density at radius 1 is 1.04 bits per heavy atom. The topological polar surface area (TPSA) is 46.3 Å². The summed E-state index contributed by atoms with van der Waals surface area (Å²) in [4.78, 5) is 14.8. The van der Waals surface area contributed by atoms with E-state index in [0.29, 0.717) is 12.6 Å². The van der Waals surface area contributed by atoms with Crippen molar-refractivity contribution in [3.63, 3.8) is 0 Å². The second-order valence-electron chi connectivity index (χ2n) is 6.22. The lowest BCUT2D eigenvalue weighted by molar-refractivity contribution is 0.0730. The van der Waals surface area contributed by atoms with E-state index in [-0.39, 0.29) is 18.3 Å². The molecule has 1 amide bonds. The van der Waals surface area contributed by atoms with Gasteiger partial charge in [-0.3, -0.25) is 4.79 Å². The van der Waals surface area contributed by atoms with Crippen molar-refractivity contribution >= 4 is 18.3 Å². The second kappa shape index (κ2) is 8.86. The van der Waals surface area contributed by atoms with E-state index in [2.05, 4.69) is 29.2 Å². The minimum absolute atomic E-state index is 0. The first kappa shape index (κ1) is 18.5. The maximum absolute atomic E-state index is 12.8. The van der Waals surface area contributed by atoms with Crippen LogP contribution in [0.1, 0.15) is 40.7 Å². The molecule has 1 atom stereocenters. The third kappa shape index (κ3) is 4.37. The smallest absolute Gasteiger partial charge is 0.254 e. The Bertz CT molecular complexity index is 642. The lowest BCUT2D eigenvalue weighted by Crippen LogP contribution is -2.35. The number of nitrogens with two attached hydrogens (primary N) is 1. The van der Waals surface area contributed by atoms with Crippen LogP contribution in [0.25, 0.3) is 0 Å². The highest BCUT2D eigenvalue weighted by Crippen LogP contribution is 2.24. The number of rotatable bonds is 5. The Labute approximate surface area is 150 Å². The lowest BCUT2D eigenvalue weighted by Gasteiger charge is -2.25. The Balaban J connectivity index is 0.00000208. The van der Waals surface area contributed by atoms with Gasteiger partial charge < -0.3 is 10.6 Å². The molecular weight excluding hydrogens is 320 g/mol. The van der Waals surface area contributed by atoms with Crippen LogP contribution in [0.2, 0.25) is 0 Å². The van der Waals surface area contributed by atoms with E-state index in [9.17, 15) is 4.79 Å². The third-order valence-corrected chi connectivity index (χ3v) is 4.68. The van der Waals surface area contributed by atoms with Crippen LogP contribution in [-0.4, -0.2) is 23.4 Å². The number of halogens is 1. The van der Waals surface area contributed by atoms with Gasteiger partial charge in [0.15, 0.2) is 0 Å². The largest absolute Gasteiger partial charge is 0.336 e. The van der Waals surface area contributed by atoms with Crippen LogP contribution in [0.4, 0.5) is 0 Å². The van der Waals surface area contributed by atoms with Gasteiger partial charge in [-0.2, -0.15) is 0 Å². The van der Waals surface area contributed by atoms with Crippen LogP contribution >= 0.6 is 12.4 Å². The number of carbonyl (C=O) groups excluding carboxylic acids is 1. The molecule has 1 unspecified atom stereocenters. The second-order valence-corrected chi connectivity index (χ2v) is 6.22. The van der Waals surface area contributed by atoms with E-state index < -0.39 is 0 Å². The van der Waals surface area contributed by atoms with E-state index in [4.69, 9.17) is 5.73 Å². The number of hydrogen-bond donors (Lipinski definition) is 1. The molecule has 1 fully saturated rings. The molecule has 0 saturated carbocycles. The van der Waals surface area contributed by atoms with Crippen LogP contribution in [0, 0.1) is 0 Å². The zero-order valence-corrected chi connectivity index (χ0v) is 14.7. The normalized spacial score (nSPS) is 16.7. The highest BCUT2D eigenvalue weighted by molar-refractivity contribution is 5.94. The van der Waals surface area contributed by atoms with Gasteiger partial charge in [0.2, 0.25) is 0 Å². The number of nitrogens with zero attached hydrogens (tertiary/aromatic N) is 1. The Hall–Kier alpha value is -1.84. The monoisotopic (exact) mass is 344 g/mol. The Morgan fingerprint density at radius 2 is 1.75 bits per heavy atom. The highest BCUT2D eigenvalue weighted by Gasteiger charge is 2.28. The molecule has 3 nitrogen and oxygen atoms in total. The number of hydrogen-bond acceptors (Lipinski definition) is 2. The number of likely N-dealkylation sites (tertiary alicyclic amines) is 1. The summed E-state index contributed by atoms with van der Waals surface area (Å²) < 4.78 is 0. The van der Waals surface area contributed by atoms with Crippen molar-refractivity contribution in [2.24, 2.45) is 5.73 Å². The molecule has 4 heteroatoms. The van der Waals surface area contributed by atoms with E-state index in [1.165, 1.54) is 5.56 Å². The van der Waals surface area contributed by atoms with Crippen molar-refractivity contribution < 1.29 is 4.79 Å². The van der Waals surface area contributed by atoms with Crippen molar-refractivity contribution in [2.45, 2.75) is 38.3 Å². The number of aryl methyl sites for hydroxylation is 1. The molecule has 2 aromatic carbocycles. The molecular formula is C20H25ClN2O. The van der Waals surface area contributed by atoms with Gasteiger partial charge in [-0.05, 0) is 48.9 Å². The molecule has 128 valence electrons. The number of benzene rings is 2. The molecule has 24 heavy (non-hydrogen) atoms. The molecule has 2 N–H and O–H groups in total. The predicted molar refractivity (Wildman–Crippen MR) is 100 cm³/mol. The van der Waals surface area contributed by atoms with Gasteiger partial charge in [0, 0.05) is 24.7 Å². The molecule has 2 aromatic rings. The van der Waals surface area contributed by atoms with E-state index >= 15 is 0 Å². The average molecular weight is 345 g/mol. The molecule has 1 heterocycles. The summed E-state index contributed by atoms with van der Waals surface area (Å²) >= 11 is 0. The molecule has 1 aliphatic rings. The first-order valence-electron chi connectivity index (χ1n) is 8.42. The van der Waals surface area contributed by atoms with Gasteiger partial charge in [-0.15, -0.1) is 12.4 Å². The Kier molecular flexibility index (Phi) is 6.83. The Morgan fingerprint density at radius 3 is 2.42 bits per heavy atom. The van der Waals surface area contributed by atoms with Gasteiger partial charge in [-0.1, -0.05) is 42.5 Å². The summed E-state index contributed by atoms with van der Waals surface area (Å²) in [5.74, 6) is 0.157. The highest BCUT2D eigenvalue weighted by atomic mass is 35.5. The van der Waals surface area contributed by atoms with Crippen LogP contribution in [-0.2, 0) is 13.0 Å².